The normalized spacial score (nSPS) is 16.5. The van der Waals surface area contributed by atoms with E-state index in [1.165, 1.54) is 16.1 Å². The van der Waals surface area contributed by atoms with E-state index < -0.39 is 10.0 Å². The van der Waals surface area contributed by atoms with Crippen LogP contribution in [0.2, 0.25) is 0 Å². The maximum absolute atomic E-state index is 12.7. The minimum absolute atomic E-state index is 0.302. The maximum atomic E-state index is 12.7. The van der Waals surface area contributed by atoms with Crippen LogP contribution < -0.4 is 5.73 Å². The van der Waals surface area contributed by atoms with Crippen molar-refractivity contribution in [2.24, 2.45) is 10.7 Å². The molecule has 0 aliphatic carbocycles. The van der Waals surface area contributed by atoms with E-state index in [0.29, 0.717) is 42.1 Å². The molecule has 0 saturated carbocycles. The lowest BCUT2D eigenvalue weighted by Crippen LogP contribution is -2.40. The first-order chi connectivity index (χ1) is 12.6. The second kappa shape index (κ2) is 8.68. The van der Waals surface area contributed by atoms with Crippen LogP contribution in [0.3, 0.4) is 0 Å². The zero-order valence-electron chi connectivity index (χ0n) is 14.2. The molecule has 1 aliphatic rings. The predicted octanol–water partition coefficient (Wildman–Crippen LogP) is 2.59. The van der Waals surface area contributed by atoms with E-state index in [0.717, 1.165) is 11.3 Å². The lowest BCUT2D eigenvalue weighted by Gasteiger charge is -2.26. The van der Waals surface area contributed by atoms with Gasteiger partial charge in [0, 0.05) is 18.8 Å². The summed E-state index contributed by atoms with van der Waals surface area (Å²) in [4.78, 5) is 4.64. The predicted molar refractivity (Wildman–Crippen MR) is 105 cm³/mol. The highest BCUT2D eigenvalue weighted by molar-refractivity contribution is 8.13. The lowest BCUT2D eigenvalue weighted by molar-refractivity contribution is 0.0730. The molecule has 1 saturated heterocycles. The largest absolute Gasteiger partial charge is 0.379 e. The van der Waals surface area contributed by atoms with Crippen LogP contribution in [-0.2, 0) is 20.5 Å². The second-order valence-corrected chi connectivity index (χ2v) is 8.67. The summed E-state index contributed by atoms with van der Waals surface area (Å²) in [6, 6.07) is 16.4. The van der Waals surface area contributed by atoms with Crippen LogP contribution in [-0.4, -0.2) is 44.2 Å². The van der Waals surface area contributed by atoms with Crippen LogP contribution in [0.4, 0.5) is 5.69 Å². The molecule has 0 amide bonds. The number of ether oxygens (including phenoxy) is 1. The minimum atomic E-state index is -3.49. The van der Waals surface area contributed by atoms with Crippen LogP contribution in [0.15, 0.2) is 64.5 Å². The molecule has 6 nitrogen and oxygen atoms in total. The fraction of sp³-hybridized carbons (Fsp3) is 0.278. The average Bonchev–Trinajstić information content (AvgIpc) is 2.68. The Morgan fingerprint density at radius 3 is 2.58 bits per heavy atom. The highest BCUT2D eigenvalue weighted by Crippen LogP contribution is 2.21. The number of morpholine rings is 1. The summed E-state index contributed by atoms with van der Waals surface area (Å²) in [6.07, 6.45) is 0. The van der Waals surface area contributed by atoms with Crippen molar-refractivity contribution in [3.8, 4) is 0 Å². The number of rotatable bonds is 5. The van der Waals surface area contributed by atoms with Gasteiger partial charge in [-0.25, -0.2) is 13.4 Å². The van der Waals surface area contributed by atoms with Gasteiger partial charge in [-0.3, -0.25) is 0 Å². The van der Waals surface area contributed by atoms with Gasteiger partial charge in [0.15, 0.2) is 5.17 Å². The Labute approximate surface area is 158 Å². The Hall–Kier alpha value is -1.87. The van der Waals surface area contributed by atoms with Crippen molar-refractivity contribution in [1.82, 2.24) is 4.31 Å². The Bertz CT molecular complexity index is 864. The molecule has 2 aromatic carbocycles. The molecule has 0 atom stereocenters. The van der Waals surface area contributed by atoms with Crippen molar-refractivity contribution in [3.05, 3.63) is 60.2 Å². The molecular weight excluding hydrogens is 370 g/mol. The monoisotopic (exact) mass is 391 g/mol. The van der Waals surface area contributed by atoms with Gasteiger partial charge >= 0.3 is 0 Å². The molecule has 1 heterocycles. The molecule has 0 unspecified atom stereocenters. The molecule has 0 radical (unpaired) electrons. The van der Waals surface area contributed by atoms with Gasteiger partial charge in [-0.2, -0.15) is 4.31 Å². The van der Waals surface area contributed by atoms with Crippen molar-refractivity contribution >= 4 is 32.6 Å². The highest BCUT2D eigenvalue weighted by atomic mass is 32.2. The number of hydrogen-bond acceptors (Lipinski definition) is 5. The number of benzene rings is 2. The first-order valence-electron chi connectivity index (χ1n) is 8.24. The molecule has 1 fully saturated rings. The van der Waals surface area contributed by atoms with Gasteiger partial charge in [-0.15, -0.1) is 0 Å². The van der Waals surface area contributed by atoms with E-state index in [1.54, 1.807) is 18.2 Å². The van der Waals surface area contributed by atoms with Gasteiger partial charge < -0.3 is 10.5 Å². The molecular formula is C18H21N3O3S2. The molecule has 3 rings (SSSR count). The van der Waals surface area contributed by atoms with E-state index in [1.807, 2.05) is 36.4 Å². The number of nitrogens with two attached hydrogens (primary N) is 1. The molecule has 1 aliphatic heterocycles. The number of para-hydroxylation sites is 1. The lowest BCUT2D eigenvalue weighted by atomic mass is 10.2. The third-order valence-electron chi connectivity index (χ3n) is 3.89. The van der Waals surface area contributed by atoms with Gasteiger partial charge in [-0.1, -0.05) is 42.1 Å². The fourth-order valence-electron chi connectivity index (χ4n) is 2.55. The summed E-state index contributed by atoms with van der Waals surface area (Å²) in [5.74, 6) is 0.550. The van der Waals surface area contributed by atoms with Gasteiger partial charge in [0.2, 0.25) is 10.0 Å². The Kier molecular flexibility index (Phi) is 6.31. The topological polar surface area (TPSA) is 85.0 Å². The number of thioether (sulfide) groups is 1. The maximum Gasteiger partial charge on any atom is 0.243 e. The van der Waals surface area contributed by atoms with E-state index >= 15 is 0 Å². The van der Waals surface area contributed by atoms with Crippen molar-refractivity contribution in [2.75, 3.05) is 26.3 Å². The van der Waals surface area contributed by atoms with Crippen LogP contribution in [0, 0.1) is 0 Å². The van der Waals surface area contributed by atoms with Gasteiger partial charge in [0.1, 0.15) is 0 Å². The van der Waals surface area contributed by atoms with Crippen LogP contribution in [0.25, 0.3) is 0 Å². The van der Waals surface area contributed by atoms with Gasteiger partial charge in [-0.05, 0) is 29.8 Å². The molecule has 26 heavy (non-hydrogen) atoms. The third-order valence-corrected chi connectivity index (χ3v) is 6.65. The summed E-state index contributed by atoms with van der Waals surface area (Å²) in [5, 5.41) is 0.442. The first kappa shape index (κ1) is 18.9. The first-order valence-corrected chi connectivity index (χ1v) is 10.7. The molecule has 0 aromatic heterocycles. The molecule has 2 aromatic rings. The van der Waals surface area contributed by atoms with Crippen LogP contribution >= 0.6 is 11.8 Å². The molecule has 138 valence electrons. The van der Waals surface area contributed by atoms with Crippen molar-refractivity contribution in [1.29, 1.82) is 0 Å². The Morgan fingerprint density at radius 1 is 1.12 bits per heavy atom. The van der Waals surface area contributed by atoms with Crippen LogP contribution in [0.1, 0.15) is 5.56 Å². The van der Waals surface area contributed by atoms with E-state index in [9.17, 15) is 8.42 Å². The second-order valence-electron chi connectivity index (χ2n) is 5.74. The zero-order valence-corrected chi connectivity index (χ0v) is 15.9. The molecule has 0 spiro atoms. The van der Waals surface area contributed by atoms with Crippen molar-refractivity contribution in [2.45, 2.75) is 10.6 Å². The van der Waals surface area contributed by atoms with Crippen molar-refractivity contribution in [3.63, 3.8) is 0 Å². The summed E-state index contributed by atoms with van der Waals surface area (Å²) in [5.41, 5.74) is 7.64. The standard InChI is InChI=1S/C18H21N3O3S2/c19-18(20-16-6-2-1-3-7-16)25-14-15-5-4-8-17(13-15)26(22,23)21-9-11-24-12-10-21/h1-8,13H,9-12,14H2,(H2,19,20). The highest BCUT2D eigenvalue weighted by Gasteiger charge is 2.26. The average molecular weight is 392 g/mol. The number of aliphatic imine (C=N–C) groups is 1. The smallest absolute Gasteiger partial charge is 0.243 e. The quantitative estimate of drug-likeness (QED) is 0.625. The third kappa shape index (κ3) is 4.85. The number of sulfonamides is 1. The fourth-order valence-corrected chi connectivity index (χ4v) is 4.69. The molecule has 2 N–H and O–H groups in total. The summed E-state index contributed by atoms with van der Waals surface area (Å²) < 4.78 is 32.2. The Balaban J connectivity index is 1.68. The zero-order chi connectivity index (χ0) is 18.4. The SMILES string of the molecule is NC(=Nc1ccccc1)SCc1cccc(S(=O)(=O)N2CCOCC2)c1. The number of amidine groups is 1. The minimum Gasteiger partial charge on any atom is -0.379 e. The Morgan fingerprint density at radius 2 is 1.85 bits per heavy atom. The molecule has 8 heteroatoms. The number of hydrogen-bond donors (Lipinski definition) is 1. The van der Waals surface area contributed by atoms with E-state index in [-0.39, 0.29) is 0 Å². The van der Waals surface area contributed by atoms with E-state index in [4.69, 9.17) is 10.5 Å². The summed E-state index contributed by atoms with van der Waals surface area (Å²) in [6.45, 7) is 1.64. The van der Waals surface area contributed by atoms with E-state index in [2.05, 4.69) is 4.99 Å². The van der Waals surface area contributed by atoms with Gasteiger partial charge in [0.05, 0.1) is 23.8 Å². The number of nitrogens with zero attached hydrogens (tertiary/aromatic N) is 2. The summed E-state index contributed by atoms with van der Waals surface area (Å²) in [7, 11) is -3.49. The summed E-state index contributed by atoms with van der Waals surface area (Å²) >= 11 is 1.38. The van der Waals surface area contributed by atoms with Crippen molar-refractivity contribution < 1.29 is 13.2 Å². The van der Waals surface area contributed by atoms with Gasteiger partial charge in [0.25, 0.3) is 0 Å². The van der Waals surface area contributed by atoms with Crippen LogP contribution in [0.5, 0.6) is 0 Å². The molecule has 0 bridgehead atoms.